The van der Waals surface area contributed by atoms with Gasteiger partial charge in [-0.15, -0.1) is 0 Å². The molecule has 0 bridgehead atoms. The van der Waals surface area contributed by atoms with Crippen molar-refractivity contribution in [1.82, 2.24) is 10.2 Å². The summed E-state index contributed by atoms with van der Waals surface area (Å²) in [6, 6.07) is 3.25. The van der Waals surface area contributed by atoms with Crippen molar-refractivity contribution in [2.75, 3.05) is 17.3 Å². The van der Waals surface area contributed by atoms with Crippen LogP contribution in [0.4, 0.5) is 26.0 Å². The number of aryl methyl sites for hydroxylation is 1. The summed E-state index contributed by atoms with van der Waals surface area (Å²) in [6.45, 7) is 13.8. The van der Waals surface area contributed by atoms with E-state index in [1.165, 1.54) is 11.9 Å². The van der Waals surface area contributed by atoms with Gasteiger partial charge in [0.25, 0.3) is 5.69 Å². The fourth-order valence-corrected chi connectivity index (χ4v) is 4.30. The summed E-state index contributed by atoms with van der Waals surface area (Å²) in [7, 11) is 1.47. The van der Waals surface area contributed by atoms with E-state index in [0.717, 1.165) is 47.4 Å². The molecule has 1 aromatic heterocycles. The fraction of sp³-hybridized carbons (Fsp3) is 0.433. The van der Waals surface area contributed by atoms with E-state index in [-0.39, 0.29) is 17.7 Å². The second-order valence-electron chi connectivity index (χ2n) is 10.5. The predicted octanol–water partition coefficient (Wildman–Crippen LogP) is 7.85. The average molecular weight is 568 g/mol. The molecule has 3 rings (SSSR count). The molecule has 0 amide bonds. The topological polar surface area (TPSA) is 112 Å². The molecule has 1 heterocycles. The van der Waals surface area contributed by atoms with Crippen molar-refractivity contribution in [1.29, 1.82) is 0 Å². The average Bonchev–Trinajstić information content (AvgIpc) is 3.66. The van der Waals surface area contributed by atoms with Gasteiger partial charge in [-0.2, -0.15) is 5.10 Å². The van der Waals surface area contributed by atoms with Gasteiger partial charge in [-0.3, -0.25) is 20.2 Å². The van der Waals surface area contributed by atoms with Gasteiger partial charge in [0.2, 0.25) is 0 Å². The molecule has 220 valence electrons. The normalized spacial score (nSPS) is 15.8. The first kappa shape index (κ1) is 31.4. The zero-order chi connectivity index (χ0) is 30.4. The van der Waals surface area contributed by atoms with E-state index < -0.39 is 27.9 Å². The number of rotatable bonds is 11. The molecule has 1 aromatic carbocycles. The summed E-state index contributed by atoms with van der Waals surface area (Å²) in [5, 5.41) is 21.7. The van der Waals surface area contributed by atoms with E-state index in [1.54, 1.807) is 6.92 Å². The number of anilines is 2. The number of H-pyrrole nitrogens is 1. The number of halogens is 2. The first-order valence-electron chi connectivity index (χ1n) is 13.7. The maximum absolute atomic E-state index is 14.9. The van der Waals surface area contributed by atoms with Gasteiger partial charge in [0.15, 0.2) is 17.5 Å². The maximum atomic E-state index is 14.9. The lowest BCUT2D eigenvalue weighted by Crippen LogP contribution is -2.26. The van der Waals surface area contributed by atoms with Gasteiger partial charge in [-0.1, -0.05) is 32.4 Å². The number of nitrogens with one attached hydrogen (secondary N) is 2. The molecule has 1 aliphatic carbocycles. The van der Waals surface area contributed by atoms with Gasteiger partial charge >= 0.3 is 0 Å². The van der Waals surface area contributed by atoms with Crippen molar-refractivity contribution in [2.45, 2.75) is 67.7 Å². The number of aromatic nitrogens is 2. The number of hydrogen-bond acceptors (Lipinski definition) is 6. The highest BCUT2D eigenvalue weighted by Crippen LogP contribution is 2.45. The molecular formula is C30H39F2N7O2. The third-order valence-corrected chi connectivity index (χ3v) is 6.77. The van der Waals surface area contributed by atoms with Crippen molar-refractivity contribution in [3.63, 3.8) is 0 Å². The Morgan fingerprint density at radius 3 is 2.37 bits per heavy atom. The fourth-order valence-electron chi connectivity index (χ4n) is 4.30. The first-order valence-corrected chi connectivity index (χ1v) is 13.7. The summed E-state index contributed by atoms with van der Waals surface area (Å²) in [5.74, 6) is -0.347. The number of benzene rings is 1. The van der Waals surface area contributed by atoms with E-state index in [4.69, 9.17) is 9.98 Å². The molecule has 9 nitrogen and oxygen atoms in total. The van der Waals surface area contributed by atoms with Gasteiger partial charge in [0.1, 0.15) is 17.3 Å². The highest BCUT2D eigenvalue weighted by atomic mass is 19.1. The Labute approximate surface area is 240 Å². The van der Waals surface area contributed by atoms with Gasteiger partial charge < -0.3 is 10.2 Å². The lowest BCUT2D eigenvalue weighted by molar-refractivity contribution is -0.385. The maximum Gasteiger partial charge on any atom is 0.275 e. The monoisotopic (exact) mass is 567 g/mol. The number of nitro benzene ring substituents is 1. The molecule has 1 fully saturated rings. The predicted molar refractivity (Wildman–Crippen MR) is 161 cm³/mol. The van der Waals surface area contributed by atoms with E-state index in [9.17, 15) is 18.9 Å². The first-order chi connectivity index (χ1) is 19.4. The largest absolute Gasteiger partial charge is 0.328 e. The van der Waals surface area contributed by atoms with Gasteiger partial charge in [0, 0.05) is 36.2 Å². The lowest BCUT2D eigenvalue weighted by atomic mass is 9.92. The SMILES string of the molecule is C/C=C(N=CC(C)C)/C(=C(/C)CC)C(=C(\N=C(/C)N(C)c1c(F)cc([N+](=O)[O-])cc1F)Nc1cc(C)[nH]n1)/C1CC1. The third-order valence-electron chi connectivity index (χ3n) is 6.77. The molecule has 0 radical (unpaired) electrons. The van der Waals surface area contributed by atoms with E-state index in [1.807, 2.05) is 32.2 Å². The molecule has 41 heavy (non-hydrogen) atoms. The number of nitro groups is 1. The Hall–Kier alpha value is -4.15. The Balaban J connectivity index is 2.26. The van der Waals surface area contributed by atoms with Gasteiger partial charge in [-0.05, 0) is 58.8 Å². The van der Waals surface area contributed by atoms with E-state index >= 15 is 0 Å². The Bertz CT molecular complexity index is 1420. The molecule has 0 saturated heterocycles. The number of aliphatic imine (C=N–C) groups is 2. The van der Waals surface area contributed by atoms with Crippen LogP contribution in [0.25, 0.3) is 0 Å². The molecule has 11 heteroatoms. The molecule has 0 unspecified atom stereocenters. The van der Waals surface area contributed by atoms with Gasteiger partial charge in [0.05, 0.1) is 22.8 Å². The Kier molecular flexibility index (Phi) is 10.3. The standard InChI is InChI=1S/C30H39F2N7O2/c1-9-18(5)27(25(10-2)33-16-17(3)4)28(21-11-12-21)30(35-26-13-19(6)36-37-26)34-20(7)38(8)29-23(31)14-22(39(40)41)15-24(29)32/h10,13-17,21H,9,11-12H2,1-8H3,(H2,35,36,37)/b25-10-,27-18+,30-28+,33-16?,34-20+. The molecule has 2 aromatic rings. The molecule has 1 saturated carbocycles. The molecule has 0 atom stereocenters. The molecule has 2 N–H and O–H groups in total. The number of hydrogen-bond donors (Lipinski definition) is 2. The Morgan fingerprint density at radius 2 is 1.90 bits per heavy atom. The number of non-ortho nitro benzene ring substituents is 1. The quantitative estimate of drug-likeness (QED) is 0.0944. The van der Waals surface area contributed by atoms with Crippen LogP contribution < -0.4 is 10.2 Å². The van der Waals surface area contributed by atoms with Crippen molar-refractivity contribution >= 4 is 29.2 Å². The molecule has 0 spiro atoms. The van der Waals surface area contributed by atoms with Crippen molar-refractivity contribution in [3.05, 3.63) is 80.0 Å². The van der Waals surface area contributed by atoms with E-state index in [0.29, 0.717) is 23.8 Å². The zero-order valence-electron chi connectivity index (χ0n) is 25.0. The van der Waals surface area contributed by atoms with Crippen molar-refractivity contribution in [3.8, 4) is 0 Å². The van der Waals surface area contributed by atoms with Crippen molar-refractivity contribution < 1.29 is 13.7 Å². The van der Waals surface area contributed by atoms with E-state index in [2.05, 4.69) is 43.2 Å². The second kappa shape index (κ2) is 13.5. The van der Waals surface area contributed by atoms with Crippen LogP contribution in [0.3, 0.4) is 0 Å². The van der Waals surface area contributed by atoms with Crippen LogP contribution in [-0.2, 0) is 0 Å². The van der Waals surface area contributed by atoms with Crippen LogP contribution >= 0.6 is 0 Å². The van der Waals surface area contributed by atoms with Crippen LogP contribution in [0, 0.1) is 40.5 Å². The smallest absolute Gasteiger partial charge is 0.275 e. The highest BCUT2D eigenvalue weighted by molar-refractivity contribution is 5.96. The molecule has 0 aliphatic heterocycles. The van der Waals surface area contributed by atoms with Crippen LogP contribution in [0.5, 0.6) is 0 Å². The third kappa shape index (κ3) is 7.74. The zero-order valence-corrected chi connectivity index (χ0v) is 25.0. The minimum absolute atomic E-state index is 0.202. The number of allylic oxidation sites excluding steroid dienone is 3. The Morgan fingerprint density at radius 1 is 1.27 bits per heavy atom. The van der Waals surface area contributed by atoms with Crippen LogP contribution in [-0.4, -0.2) is 34.2 Å². The summed E-state index contributed by atoms with van der Waals surface area (Å²) in [5.41, 5.74) is 3.65. The van der Waals surface area contributed by atoms with Crippen LogP contribution in [0.15, 0.2) is 62.5 Å². The summed E-state index contributed by atoms with van der Waals surface area (Å²) in [4.78, 5) is 21.2. The van der Waals surface area contributed by atoms with Crippen LogP contribution in [0.1, 0.15) is 66.5 Å². The van der Waals surface area contributed by atoms with Gasteiger partial charge in [-0.25, -0.2) is 13.8 Å². The number of amidine groups is 1. The molecular weight excluding hydrogens is 528 g/mol. The van der Waals surface area contributed by atoms with Crippen molar-refractivity contribution in [2.24, 2.45) is 21.8 Å². The molecule has 1 aliphatic rings. The minimum atomic E-state index is -1.06. The summed E-state index contributed by atoms with van der Waals surface area (Å²) < 4.78 is 29.9. The second-order valence-corrected chi connectivity index (χ2v) is 10.5. The summed E-state index contributed by atoms with van der Waals surface area (Å²) >= 11 is 0. The van der Waals surface area contributed by atoms with Crippen LogP contribution in [0.2, 0.25) is 0 Å². The lowest BCUT2D eigenvalue weighted by Gasteiger charge is -2.23. The number of aromatic amines is 1. The number of nitrogens with zero attached hydrogens (tertiary/aromatic N) is 5. The summed E-state index contributed by atoms with van der Waals surface area (Å²) in [6.07, 6.45) is 6.60. The minimum Gasteiger partial charge on any atom is -0.328 e. The highest BCUT2D eigenvalue weighted by Gasteiger charge is 2.34.